The Morgan fingerprint density at radius 3 is 2.36 bits per heavy atom. The van der Waals surface area contributed by atoms with Gasteiger partial charge in [0.1, 0.15) is 0 Å². The maximum absolute atomic E-state index is 12.5. The molecule has 0 saturated heterocycles. The molecule has 0 bridgehead atoms. The summed E-state index contributed by atoms with van der Waals surface area (Å²) in [5.74, 6) is 1.75. The van der Waals surface area contributed by atoms with E-state index in [4.69, 9.17) is 0 Å². The number of aromatic nitrogens is 5. The summed E-state index contributed by atoms with van der Waals surface area (Å²) in [5.41, 5.74) is 2.92. The lowest BCUT2D eigenvalue weighted by Crippen LogP contribution is -2.21. The quantitative estimate of drug-likeness (QED) is 0.628. The van der Waals surface area contributed by atoms with Crippen molar-refractivity contribution in [3.05, 3.63) is 29.3 Å². The lowest BCUT2D eigenvalue weighted by molar-refractivity contribution is -0.113. The molecule has 1 aromatic carbocycles. The van der Waals surface area contributed by atoms with Crippen molar-refractivity contribution in [2.45, 2.75) is 19.0 Å². The number of aryl methyl sites for hydroxylation is 2. The van der Waals surface area contributed by atoms with Gasteiger partial charge >= 0.3 is 0 Å². The molecule has 1 N–H and O–H groups in total. The molecule has 0 atom stereocenters. The SMILES string of the molecule is Cc1cccc(C)c1NC(=O)CSc1nnc2nc(N(C)C)nc(N(C)C)n12. The van der Waals surface area contributed by atoms with Gasteiger partial charge in [-0.05, 0) is 25.0 Å². The Labute approximate surface area is 168 Å². The van der Waals surface area contributed by atoms with E-state index >= 15 is 0 Å². The number of hydrogen-bond acceptors (Lipinski definition) is 8. The van der Waals surface area contributed by atoms with Crippen LogP contribution in [0.4, 0.5) is 17.6 Å². The van der Waals surface area contributed by atoms with Crippen molar-refractivity contribution in [2.75, 3.05) is 49.1 Å². The van der Waals surface area contributed by atoms with Crippen molar-refractivity contribution in [1.82, 2.24) is 24.6 Å². The van der Waals surface area contributed by atoms with Gasteiger partial charge in [-0.2, -0.15) is 9.97 Å². The summed E-state index contributed by atoms with van der Waals surface area (Å²) < 4.78 is 1.75. The van der Waals surface area contributed by atoms with Crippen LogP contribution in [0.2, 0.25) is 0 Å². The van der Waals surface area contributed by atoms with Crippen LogP contribution in [0.15, 0.2) is 23.4 Å². The van der Waals surface area contributed by atoms with E-state index in [1.54, 1.807) is 4.40 Å². The minimum atomic E-state index is -0.101. The Kier molecular flexibility index (Phi) is 5.68. The highest BCUT2D eigenvalue weighted by molar-refractivity contribution is 7.99. The molecule has 1 amide bonds. The molecule has 0 spiro atoms. The van der Waals surface area contributed by atoms with Gasteiger partial charge in [-0.15, -0.1) is 10.2 Å². The Morgan fingerprint density at radius 2 is 1.75 bits per heavy atom. The molecule has 0 radical (unpaired) electrons. The van der Waals surface area contributed by atoms with E-state index < -0.39 is 0 Å². The van der Waals surface area contributed by atoms with E-state index in [0.717, 1.165) is 16.8 Å². The fourth-order valence-electron chi connectivity index (χ4n) is 2.67. The number of fused-ring (bicyclic) bond motifs is 1. The molecule has 2 heterocycles. The molecule has 0 fully saturated rings. The third-order valence-electron chi connectivity index (χ3n) is 4.09. The Balaban J connectivity index is 1.82. The molecule has 0 unspecified atom stereocenters. The summed E-state index contributed by atoms with van der Waals surface area (Å²) in [5, 5.41) is 11.9. The fraction of sp³-hybridized carbons (Fsp3) is 0.389. The van der Waals surface area contributed by atoms with E-state index in [1.807, 2.05) is 70.0 Å². The Morgan fingerprint density at radius 1 is 1.07 bits per heavy atom. The number of amides is 1. The van der Waals surface area contributed by atoms with Gasteiger partial charge in [0.2, 0.25) is 17.8 Å². The van der Waals surface area contributed by atoms with E-state index in [9.17, 15) is 4.79 Å². The van der Waals surface area contributed by atoms with Crippen LogP contribution in [0.5, 0.6) is 0 Å². The van der Waals surface area contributed by atoms with E-state index in [1.165, 1.54) is 11.8 Å². The first-order chi connectivity index (χ1) is 13.3. The minimum absolute atomic E-state index is 0.101. The van der Waals surface area contributed by atoms with Crippen molar-refractivity contribution in [3.8, 4) is 0 Å². The second-order valence-corrected chi connectivity index (χ2v) is 7.78. The highest BCUT2D eigenvalue weighted by Crippen LogP contribution is 2.24. The summed E-state index contributed by atoms with van der Waals surface area (Å²) in [6.07, 6.45) is 0. The van der Waals surface area contributed by atoms with Crippen LogP contribution in [0, 0.1) is 13.8 Å². The molecule has 28 heavy (non-hydrogen) atoms. The van der Waals surface area contributed by atoms with Gasteiger partial charge in [0.15, 0.2) is 5.16 Å². The van der Waals surface area contributed by atoms with Crippen molar-refractivity contribution in [1.29, 1.82) is 0 Å². The summed E-state index contributed by atoms with van der Waals surface area (Å²) in [6, 6.07) is 5.93. The van der Waals surface area contributed by atoms with Gasteiger partial charge in [-0.3, -0.25) is 4.79 Å². The number of carbonyl (C=O) groups excluding carboxylic acids is 1. The lowest BCUT2D eigenvalue weighted by atomic mass is 10.1. The summed E-state index contributed by atoms with van der Waals surface area (Å²) in [6.45, 7) is 3.95. The van der Waals surface area contributed by atoms with Crippen LogP contribution in [0.1, 0.15) is 11.1 Å². The second-order valence-electron chi connectivity index (χ2n) is 6.83. The Hall–Kier alpha value is -2.88. The number of carbonyl (C=O) groups is 1. The van der Waals surface area contributed by atoms with Gasteiger partial charge in [-0.25, -0.2) is 4.40 Å². The molecular weight excluding hydrogens is 376 g/mol. The van der Waals surface area contributed by atoms with Crippen molar-refractivity contribution >= 4 is 41.0 Å². The molecule has 9 nitrogen and oxygen atoms in total. The van der Waals surface area contributed by atoms with E-state index in [2.05, 4.69) is 25.5 Å². The number of thioether (sulfide) groups is 1. The fourth-order valence-corrected chi connectivity index (χ4v) is 3.40. The van der Waals surface area contributed by atoms with Gasteiger partial charge in [0, 0.05) is 33.9 Å². The lowest BCUT2D eigenvalue weighted by Gasteiger charge is -2.17. The van der Waals surface area contributed by atoms with Crippen LogP contribution in [-0.4, -0.2) is 64.4 Å². The number of nitrogens with one attached hydrogen (secondary N) is 1. The first kappa shape index (κ1) is 19.9. The standard InChI is InChI=1S/C18H24N8OS/c1-11-8-7-9-12(2)14(11)19-13(27)10-28-18-23-22-16-20-15(24(3)4)21-17(25(5)6)26(16)18/h7-9H,10H2,1-6H3,(H,19,27). The number of hydrogen-bond donors (Lipinski definition) is 1. The van der Waals surface area contributed by atoms with E-state index in [-0.39, 0.29) is 11.7 Å². The maximum Gasteiger partial charge on any atom is 0.261 e. The second kappa shape index (κ2) is 8.01. The molecule has 148 valence electrons. The first-order valence-corrected chi connectivity index (χ1v) is 9.73. The minimum Gasteiger partial charge on any atom is -0.348 e. The van der Waals surface area contributed by atoms with Gasteiger partial charge < -0.3 is 15.1 Å². The van der Waals surface area contributed by atoms with Crippen LogP contribution in [0.25, 0.3) is 5.78 Å². The van der Waals surface area contributed by atoms with Crippen molar-refractivity contribution in [2.24, 2.45) is 0 Å². The van der Waals surface area contributed by atoms with Crippen molar-refractivity contribution in [3.63, 3.8) is 0 Å². The molecule has 0 saturated carbocycles. The Bertz CT molecular complexity index is 994. The largest absolute Gasteiger partial charge is 0.348 e. The number of rotatable bonds is 6. The molecule has 0 aliphatic carbocycles. The maximum atomic E-state index is 12.5. The van der Waals surface area contributed by atoms with E-state index in [0.29, 0.717) is 22.8 Å². The number of para-hydroxylation sites is 1. The highest BCUT2D eigenvalue weighted by Gasteiger charge is 2.18. The summed E-state index contributed by atoms with van der Waals surface area (Å²) >= 11 is 1.30. The normalized spacial score (nSPS) is 10.9. The molecule has 2 aromatic heterocycles. The average molecular weight is 401 g/mol. The highest BCUT2D eigenvalue weighted by atomic mass is 32.2. The molecule has 10 heteroatoms. The predicted molar refractivity (Wildman–Crippen MR) is 113 cm³/mol. The smallest absolute Gasteiger partial charge is 0.261 e. The molecule has 3 aromatic rings. The monoisotopic (exact) mass is 400 g/mol. The average Bonchev–Trinajstić information content (AvgIpc) is 3.05. The third-order valence-corrected chi connectivity index (χ3v) is 5.02. The third kappa shape index (κ3) is 4.01. The van der Waals surface area contributed by atoms with Crippen LogP contribution in [-0.2, 0) is 4.79 Å². The summed E-state index contributed by atoms with van der Waals surface area (Å²) in [4.78, 5) is 25.1. The summed E-state index contributed by atoms with van der Waals surface area (Å²) in [7, 11) is 7.52. The molecule has 0 aliphatic heterocycles. The van der Waals surface area contributed by atoms with Gasteiger partial charge in [0.25, 0.3) is 5.78 Å². The molecular formula is C18H24N8OS. The van der Waals surface area contributed by atoms with Crippen LogP contribution in [0.3, 0.4) is 0 Å². The first-order valence-electron chi connectivity index (χ1n) is 8.74. The van der Waals surface area contributed by atoms with Crippen LogP contribution < -0.4 is 15.1 Å². The predicted octanol–water partition coefficient (Wildman–Crippen LogP) is 2.00. The molecule has 0 aliphatic rings. The van der Waals surface area contributed by atoms with Crippen LogP contribution >= 0.6 is 11.8 Å². The zero-order valence-electron chi connectivity index (χ0n) is 16.9. The van der Waals surface area contributed by atoms with Gasteiger partial charge in [-0.1, -0.05) is 30.0 Å². The number of anilines is 3. The number of nitrogens with zero attached hydrogens (tertiary/aromatic N) is 7. The zero-order chi connectivity index (χ0) is 20.4. The topological polar surface area (TPSA) is 91.5 Å². The van der Waals surface area contributed by atoms with Crippen molar-refractivity contribution < 1.29 is 4.79 Å². The zero-order valence-corrected chi connectivity index (χ0v) is 17.7. The molecule has 3 rings (SSSR count). The number of benzene rings is 1. The van der Waals surface area contributed by atoms with Gasteiger partial charge in [0.05, 0.1) is 5.75 Å².